The summed E-state index contributed by atoms with van der Waals surface area (Å²) in [4.78, 5) is 29.7. The highest BCUT2D eigenvalue weighted by molar-refractivity contribution is 6.03. The molecule has 10 heteroatoms. The average Bonchev–Trinajstić information content (AvgIpc) is 3.45. The van der Waals surface area contributed by atoms with Gasteiger partial charge in [0.2, 0.25) is 0 Å². The Hall–Kier alpha value is -3.76. The molecule has 0 atom stereocenters. The van der Waals surface area contributed by atoms with Gasteiger partial charge in [-0.3, -0.25) is 14.8 Å². The SMILES string of the molecule is O=C(Nc1cc(-c2nc3ccccc3[nH]2)[nH]n1)c1ccc(N2CCN(C3COC3)CC2)nc1. The highest BCUT2D eigenvalue weighted by Crippen LogP contribution is 2.21. The zero-order chi connectivity index (χ0) is 22.2. The number of anilines is 2. The van der Waals surface area contributed by atoms with Gasteiger partial charge in [0.1, 0.15) is 11.5 Å². The maximum absolute atomic E-state index is 12.7. The number of amides is 1. The third-order valence-corrected chi connectivity index (χ3v) is 6.25. The molecule has 0 bridgehead atoms. The van der Waals surface area contributed by atoms with Gasteiger partial charge in [0, 0.05) is 38.4 Å². The van der Waals surface area contributed by atoms with Gasteiger partial charge in [0.15, 0.2) is 11.6 Å². The molecule has 2 fully saturated rings. The van der Waals surface area contributed by atoms with Gasteiger partial charge in [0.05, 0.1) is 35.9 Å². The minimum atomic E-state index is -0.258. The molecule has 3 N–H and O–H groups in total. The number of hydrogen-bond donors (Lipinski definition) is 3. The van der Waals surface area contributed by atoms with Crippen molar-refractivity contribution in [2.75, 3.05) is 49.6 Å². The fourth-order valence-corrected chi connectivity index (χ4v) is 4.23. The second kappa shape index (κ2) is 8.30. The standard InChI is InChI=1S/C23H24N8O2/c32-23(27-20-11-19(28-29-20)22-25-17-3-1-2-4-18(17)26-22)15-5-6-21(24-12-15)31-9-7-30(8-10-31)16-13-33-14-16/h1-6,11-12,16H,7-10,13-14H2,(H,25,26)(H2,27,28,29,32). The normalized spacial score (nSPS) is 17.3. The second-order valence-electron chi connectivity index (χ2n) is 8.34. The molecule has 2 aliphatic rings. The van der Waals surface area contributed by atoms with Crippen molar-refractivity contribution >= 4 is 28.6 Å². The van der Waals surface area contributed by atoms with E-state index < -0.39 is 0 Å². The molecule has 168 valence electrons. The van der Waals surface area contributed by atoms with Crippen LogP contribution in [0.15, 0.2) is 48.7 Å². The van der Waals surface area contributed by atoms with E-state index in [4.69, 9.17) is 4.74 Å². The van der Waals surface area contributed by atoms with Crippen LogP contribution in [0.4, 0.5) is 11.6 Å². The number of carbonyl (C=O) groups excluding carboxylic acids is 1. The van der Waals surface area contributed by atoms with Crippen LogP contribution in [-0.2, 0) is 4.74 Å². The lowest BCUT2D eigenvalue weighted by molar-refractivity contribution is -0.0661. The van der Waals surface area contributed by atoms with Gasteiger partial charge >= 0.3 is 0 Å². The number of imidazole rings is 1. The van der Waals surface area contributed by atoms with Crippen LogP contribution in [0.2, 0.25) is 0 Å². The van der Waals surface area contributed by atoms with Crippen molar-refractivity contribution in [1.29, 1.82) is 0 Å². The van der Waals surface area contributed by atoms with Crippen LogP contribution in [0.3, 0.4) is 0 Å². The van der Waals surface area contributed by atoms with Crippen LogP contribution >= 0.6 is 0 Å². The number of fused-ring (bicyclic) bond motifs is 1. The summed E-state index contributed by atoms with van der Waals surface area (Å²) in [6, 6.07) is 13.8. The molecule has 0 saturated carbocycles. The van der Waals surface area contributed by atoms with Crippen molar-refractivity contribution in [3.63, 3.8) is 0 Å². The molecule has 1 aromatic carbocycles. The predicted octanol–water partition coefficient (Wildman–Crippen LogP) is 2.12. The minimum Gasteiger partial charge on any atom is -0.378 e. The zero-order valence-corrected chi connectivity index (χ0v) is 18.0. The number of nitrogens with zero attached hydrogens (tertiary/aromatic N) is 5. The molecule has 3 aromatic heterocycles. The highest BCUT2D eigenvalue weighted by atomic mass is 16.5. The van der Waals surface area contributed by atoms with Crippen molar-refractivity contribution in [2.45, 2.75) is 6.04 Å². The molecule has 0 spiro atoms. The van der Waals surface area contributed by atoms with Gasteiger partial charge in [-0.05, 0) is 24.3 Å². The van der Waals surface area contributed by atoms with Crippen LogP contribution in [0, 0.1) is 0 Å². The van der Waals surface area contributed by atoms with E-state index in [1.165, 1.54) is 0 Å². The van der Waals surface area contributed by atoms with Gasteiger partial charge in [-0.1, -0.05) is 12.1 Å². The Morgan fingerprint density at radius 1 is 1.09 bits per heavy atom. The van der Waals surface area contributed by atoms with Gasteiger partial charge in [-0.25, -0.2) is 9.97 Å². The number of pyridine rings is 1. The van der Waals surface area contributed by atoms with Crippen LogP contribution < -0.4 is 10.2 Å². The average molecular weight is 444 g/mol. The molecule has 2 aliphatic heterocycles. The Bertz CT molecular complexity index is 1240. The van der Waals surface area contributed by atoms with Crippen molar-refractivity contribution in [3.8, 4) is 11.5 Å². The molecule has 33 heavy (non-hydrogen) atoms. The van der Waals surface area contributed by atoms with E-state index in [2.05, 4.69) is 40.3 Å². The number of rotatable bonds is 5. The summed E-state index contributed by atoms with van der Waals surface area (Å²) in [6.45, 7) is 5.55. The van der Waals surface area contributed by atoms with E-state index in [-0.39, 0.29) is 5.91 Å². The van der Waals surface area contributed by atoms with E-state index in [9.17, 15) is 4.79 Å². The topological polar surface area (TPSA) is 115 Å². The van der Waals surface area contributed by atoms with E-state index >= 15 is 0 Å². The molecule has 10 nitrogen and oxygen atoms in total. The zero-order valence-electron chi connectivity index (χ0n) is 18.0. The molecule has 5 heterocycles. The highest BCUT2D eigenvalue weighted by Gasteiger charge is 2.29. The molecule has 0 radical (unpaired) electrons. The quantitative estimate of drug-likeness (QED) is 0.432. The van der Waals surface area contributed by atoms with Crippen LogP contribution in [0.5, 0.6) is 0 Å². The summed E-state index contributed by atoms with van der Waals surface area (Å²) in [7, 11) is 0. The lowest BCUT2D eigenvalue weighted by Crippen LogP contribution is -2.56. The first kappa shape index (κ1) is 19.9. The molecular weight excluding hydrogens is 420 g/mol. The van der Waals surface area contributed by atoms with Gasteiger partial charge in [0.25, 0.3) is 5.91 Å². The number of H-pyrrole nitrogens is 2. The van der Waals surface area contributed by atoms with Crippen LogP contribution in [0.1, 0.15) is 10.4 Å². The number of ether oxygens (including phenoxy) is 1. The van der Waals surface area contributed by atoms with E-state index in [1.54, 1.807) is 18.3 Å². The Morgan fingerprint density at radius 3 is 2.67 bits per heavy atom. The van der Waals surface area contributed by atoms with E-state index in [0.717, 1.165) is 56.2 Å². The number of hydrogen-bond acceptors (Lipinski definition) is 7. The predicted molar refractivity (Wildman–Crippen MR) is 124 cm³/mol. The van der Waals surface area contributed by atoms with Gasteiger partial charge in [-0.15, -0.1) is 0 Å². The Kier molecular flexibility index (Phi) is 5.00. The lowest BCUT2D eigenvalue weighted by atomic mass is 10.2. The number of para-hydroxylation sites is 2. The first-order chi connectivity index (χ1) is 16.2. The summed E-state index contributed by atoms with van der Waals surface area (Å²) >= 11 is 0. The van der Waals surface area contributed by atoms with Crippen molar-refractivity contribution in [2.24, 2.45) is 0 Å². The van der Waals surface area contributed by atoms with Gasteiger partial charge < -0.3 is 19.9 Å². The largest absolute Gasteiger partial charge is 0.378 e. The summed E-state index contributed by atoms with van der Waals surface area (Å²) in [5, 5.41) is 9.93. The third-order valence-electron chi connectivity index (χ3n) is 6.25. The first-order valence-corrected chi connectivity index (χ1v) is 11.1. The summed E-state index contributed by atoms with van der Waals surface area (Å²) in [5.74, 6) is 1.73. The number of nitrogens with one attached hydrogen (secondary N) is 3. The number of aromatic nitrogens is 5. The van der Waals surface area contributed by atoms with Crippen LogP contribution in [0.25, 0.3) is 22.6 Å². The summed E-state index contributed by atoms with van der Waals surface area (Å²) < 4.78 is 5.30. The molecule has 4 aromatic rings. The molecule has 0 aliphatic carbocycles. The van der Waals surface area contributed by atoms with Crippen molar-refractivity contribution in [1.82, 2.24) is 30.0 Å². The Morgan fingerprint density at radius 2 is 1.94 bits per heavy atom. The molecule has 2 saturated heterocycles. The van der Waals surface area contributed by atoms with E-state index in [0.29, 0.717) is 28.9 Å². The molecule has 6 rings (SSSR count). The second-order valence-corrected chi connectivity index (χ2v) is 8.34. The Labute approximate surface area is 190 Å². The summed E-state index contributed by atoms with van der Waals surface area (Å²) in [5.41, 5.74) is 2.99. The first-order valence-electron chi connectivity index (χ1n) is 11.1. The number of benzene rings is 1. The lowest BCUT2D eigenvalue weighted by Gasteiger charge is -2.42. The number of piperazine rings is 1. The summed E-state index contributed by atoms with van der Waals surface area (Å²) in [6.07, 6.45) is 1.61. The molecular formula is C23H24N8O2. The minimum absolute atomic E-state index is 0.258. The van der Waals surface area contributed by atoms with Crippen molar-refractivity contribution in [3.05, 3.63) is 54.2 Å². The molecule has 1 amide bonds. The fourth-order valence-electron chi connectivity index (χ4n) is 4.23. The van der Waals surface area contributed by atoms with Crippen molar-refractivity contribution < 1.29 is 9.53 Å². The smallest absolute Gasteiger partial charge is 0.258 e. The fraction of sp³-hybridized carbons (Fsp3) is 0.304. The maximum atomic E-state index is 12.7. The Balaban J connectivity index is 1.08. The van der Waals surface area contributed by atoms with Crippen LogP contribution in [-0.4, -0.2) is 81.4 Å². The molecule has 0 unspecified atom stereocenters. The number of carbonyl (C=O) groups is 1. The monoisotopic (exact) mass is 444 g/mol. The van der Waals surface area contributed by atoms with Gasteiger partial charge in [-0.2, -0.15) is 5.10 Å². The number of aromatic amines is 2. The van der Waals surface area contributed by atoms with E-state index in [1.807, 2.05) is 30.3 Å². The maximum Gasteiger partial charge on any atom is 0.258 e. The third kappa shape index (κ3) is 3.94.